The molecule has 0 radical (unpaired) electrons. The molecular weight excluding hydrogens is 318 g/mol. The van der Waals surface area contributed by atoms with Crippen LogP contribution in [0, 0.1) is 6.92 Å². The van der Waals surface area contributed by atoms with Crippen molar-refractivity contribution in [2.24, 2.45) is 12.8 Å². The molecule has 0 atom stereocenters. The zero-order chi connectivity index (χ0) is 14.7. The van der Waals surface area contributed by atoms with Crippen molar-refractivity contribution in [2.75, 3.05) is 6.54 Å². The third-order valence-corrected chi connectivity index (χ3v) is 4.33. The minimum Gasteiger partial charge on any atom is -0.330 e. The van der Waals surface area contributed by atoms with Crippen molar-refractivity contribution in [3.05, 3.63) is 51.3 Å². The fourth-order valence-electron chi connectivity index (χ4n) is 2.15. The first-order chi connectivity index (χ1) is 9.52. The third-order valence-electron chi connectivity index (χ3n) is 3.30. The Balaban J connectivity index is 2.15. The molecule has 0 bridgehead atoms. The van der Waals surface area contributed by atoms with E-state index in [-0.39, 0.29) is 5.78 Å². The van der Waals surface area contributed by atoms with Gasteiger partial charge in [0.1, 0.15) is 0 Å². The third kappa shape index (κ3) is 3.16. The Morgan fingerprint density at radius 3 is 2.50 bits per heavy atom. The van der Waals surface area contributed by atoms with Crippen LogP contribution in [-0.4, -0.2) is 22.1 Å². The van der Waals surface area contributed by atoms with Crippen molar-refractivity contribution in [3.63, 3.8) is 0 Å². The van der Waals surface area contributed by atoms with Crippen LogP contribution in [0.3, 0.4) is 0 Å². The highest BCUT2D eigenvalue weighted by atomic mass is 79.9. The molecule has 2 N–H and O–H groups in total. The van der Waals surface area contributed by atoms with E-state index in [1.54, 1.807) is 4.68 Å². The summed E-state index contributed by atoms with van der Waals surface area (Å²) in [6.07, 6.45) is 1.18. The molecule has 5 heteroatoms. The topological polar surface area (TPSA) is 60.9 Å². The Bertz CT molecular complexity index is 617. The fraction of sp³-hybridized carbons (Fsp3) is 0.333. The van der Waals surface area contributed by atoms with Gasteiger partial charge >= 0.3 is 0 Å². The number of Topliss-reactive ketones (excluding diaryl/α,β-unsaturated/α-hetero) is 1. The minimum atomic E-state index is 0.0907. The number of hydrogen-bond donors (Lipinski definition) is 1. The number of aryl methyl sites for hydroxylation is 2. The molecule has 0 aliphatic rings. The summed E-state index contributed by atoms with van der Waals surface area (Å²) in [6, 6.07) is 7.65. The van der Waals surface area contributed by atoms with Crippen LogP contribution < -0.4 is 5.73 Å². The van der Waals surface area contributed by atoms with Crippen molar-refractivity contribution in [1.82, 2.24) is 9.78 Å². The van der Waals surface area contributed by atoms with E-state index >= 15 is 0 Å². The standard InChI is InChI=1S/C15H18BrN3O/c1-10-15(16)13(19(2)18-10)9-14(20)12-5-3-11(4-6-12)7-8-17/h3-6H,7-9,17H2,1-2H3. The molecule has 4 nitrogen and oxygen atoms in total. The Kier molecular flexibility index (Phi) is 4.73. The van der Waals surface area contributed by atoms with Gasteiger partial charge in [0.05, 0.1) is 22.3 Å². The molecule has 0 fully saturated rings. The summed E-state index contributed by atoms with van der Waals surface area (Å²) in [5.41, 5.74) is 9.19. The van der Waals surface area contributed by atoms with E-state index in [4.69, 9.17) is 5.73 Å². The molecule has 1 aromatic heterocycles. The van der Waals surface area contributed by atoms with E-state index in [1.807, 2.05) is 38.2 Å². The van der Waals surface area contributed by atoms with Crippen LogP contribution in [0.2, 0.25) is 0 Å². The van der Waals surface area contributed by atoms with Crippen molar-refractivity contribution >= 4 is 21.7 Å². The molecule has 0 unspecified atom stereocenters. The Morgan fingerprint density at radius 2 is 2.00 bits per heavy atom. The summed E-state index contributed by atoms with van der Waals surface area (Å²) in [5.74, 6) is 0.0907. The van der Waals surface area contributed by atoms with Gasteiger partial charge in [-0.1, -0.05) is 24.3 Å². The lowest BCUT2D eigenvalue weighted by Gasteiger charge is -2.04. The summed E-state index contributed by atoms with van der Waals surface area (Å²) >= 11 is 3.48. The van der Waals surface area contributed by atoms with E-state index in [0.717, 1.165) is 33.4 Å². The average Bonchev–Trinajstić information content (AvgIpc) is 2.66. The van der Waals surface area contributed by atoms with Gasteiger partial charge in [0.2, 0.25) is 0 Å². The molecule has 1 heterocycles. The first-order valence-electron chi connectivity index (χ1n) is 6.53. The van der Waals surface area contributed by atoms with E-state index in [9.17, 15) is 4.79 Å². The van der Waals surface area contributed by atoms with E-state index < -0.39 is 0 Å². The number of nitrogens with zero attached hydrogens (tertiary/aromatic N) is 2. The number of halogens is 1. The first-order valence-corrected chi connectivity index (χ1v) is 7.32. The summed E-state index contributed by atoms with van der Waals surface area (Å²) in [6.45, 7) is 2.54. The number of benzene rings is 1. The van der Waals surface area contributed by atoms with Gasteiger partial charge in [0, 0.05) is 12.6 Å². The summed E-state index contributed by atoms with van der Waals surface area (Å²) in [4.78, 5) is 12.3. The minimum absolute atomic E-state index is 0.0907. The van der Waals surface area contributed by atoms with Gasteiger partial charge in [-0.15, -0.1) is 0 Å². The lowest BCUT2D eigenvalue weighted by Crippen LogP contribution is -2.09. The summed E-state index contributed by atoms with van der Waals surface area (Å²) < 4.78 is 2.66. The van der Waals surface area contributed by atoms with Gasteiger partial charge in [-0.2, -0.15) is 5.10 Å². The number of carbonyl (C=O) groups excluding carboxylic acids is 1. The van der Waals surface area contributed by atoms with Gasteiger partial charge in [0.25, 0.3) is 0 Å². The molecule has 20 heavy (non-hydrogen) atoms. The second-order valence-corrected chi connectivity index (χ2v) is 5.60. The molecule has 0 amide bonds. The molecule has 0 aliphatic heterocycles. The number of nitrogens with two attached hydrogens (primary N) is 1. The van der Waals surface area contributed by atoms with Crippen LogP contribution in [0.5, 0.6) is 0 Å². The zero-order valence-electron chi connectivity index (χ0n) is 11.7. The van der Waals surface area contributed by atoms with Crippen LogP contribution in [0.1, 0.15) is 27.3 Å². The Hall–Kier alpha value is -1.46. The van der Waals surface area contributed by atoms with E-state index in [0.29, 0.717) is 13.0 Å². The zero-order valence-corrected chi connectivity index (χ0v) is 13.3. The van der Waals surface area contributed by atoms with Crippen LogP contribution in [0.4, 0.5) is 0 Å². The van der Waals surface area contributed by atoms with Crippen LogP contribution >= 0.6 is 15.9 Å². The summed E-state index contributed by atoms with van der Waals surface area (Å²) in [7, 11) is 1.85. The maximum atomic E-state index is 12.3. The van der Waals surface area contributed by atoms with Gasteiger partial charge in [0.15, 0.2) is 5.78 Å². The Labute approximate surface area is 127 Å². The highest BCUT2D eigenvalue weighted by Crippen LogP contribution is 2.21. The predicted molar refractivity (Wildman–Crippen MR) is 82.9 cm³/mol. The quantitative estimate of drug-likeness (QED) is 0.853. The molecule has 0 spiro atoms. The van der Waals surface area contributed by atoms with E-state index in [2.05, 4.69) is 21.0 Å². The van der Waals surface area contributed by atoms with Crippen LogP contribution in [0.15, 0.2) is 28.7 Å². The summed E-state index contributed by atoms with van der Waals surface area (Å²) in [5, 5.41) is 4.30. The highest BCUT2D eigenvalue weighted by molar-refractivity contribution is 9.10. The van der Waals surface area contributed by atoms with Crippen molar-refractivity contribution in [2.45, 2.75) is 19.8 Å². The van der Waals surface area contributed by atoms with Gasteiger partial charge in [-0.25, -0.2) is 0 Å². The number of ketones is 1. The number of carbonyl (C=O) groups is 1. The van der Waals surface area contributed by atoms with Gasteiger partial charge < -0.3 is 5.73 Å². The van der Waals surface area contributed by atoms with Crippen molar-refractivity contribution < 1.29 is 4.79 Å². The smallest absolute Gasteiger partial charge is 0.168 e. The molecule has 0 aliphatic carbocycles. The number of rotatable bonds is 5. The molecule has 0 saturated carbocycles. The number of aromatic nitrogens is 2. The first kappa shape index (κ1) is 14.9. The molecule has 1 aromatic carbocycles. The lowest BCUT2D eigenvalue weighted by molar-refractivity contribution is 0.0990. The highest BCUT2D eigenvalue weighted by Gasteiger charge is 2.15. The second-order valence-electron chi connectivity index (χ2n) is 4.81. The SMILES string of the molecule is Cc1nn(C)c(CC(=O)c2ccc(CCN)cc2)c1Br. The average molecular weight is 336 g/mol. The lowest BCUT2D eigenvalue weighted by atomic mass is 10.0. The predicted octanol–water partition coefficient (Wildman–Crippen LogP) is 2.42. The molecule has 2 aromatic rings. The second kappa shape index (κ2) is 6.33. The van der Waals surface area contributed by atoms with Gasteiger partial charge in [-0.3, -0.25) is 9.48 Å². The normalized spacial score (nSPS) is 10.8. The fourth-order valence-corrected chi connectivity index (χ4v) is 2.63. The molecule has 2 rings (SSSR count). The molecule has 106 valence electrons. The van der Waals surface area contributed by atoms with Gasteiger partial charge in [-0.05, 0) is 41.4 Å². The van der Waals surface area contributed by atoms with E-state index in [1.165, 1.54) is 0 Å². The monoisotopic (exact) mass is 335 g/mol. The maximum absolute atomic E-state index is 12.3. The van der Waals surface area contributed by atoms with Crippen molar-refractivity contribution in [3.8, 4) is 0 Å². The van der Waals surface area contributed by atoms with Crippen LogP contribution in [0.25, 0.3) is 0 Å². The molecule has 0 saturated heterocycles. The van der Waals surface area contributed by atoms with Crippen LogP contribution in [-0.2, 0) is 19.9 Å². The Morgan fingerprint density at radius 1 is 1.35 bits per heavy atom. The number of hydrogen-bond acceptors (Lipinski definition) is 3. The largest absolute Gasteiger partial charge is 0.330 e. The molecular formula is C15H18BrN3O. The maximum Gasteiger partial charge on any atom is 0.168 e. The van der Waals surface area contributed by atoms with Crippen molar-refractivity contribution in [1.29, 1.82) is 0 Å².